The summed E-state index contributed by atoms with van der Waals surface area (Å²) in [6.45, 7) is 3.83. The number of ether oxygens (including phenoxy) is 1. The molecule has 0 bridgehead atoms. The van der Waals surface area contributed by atoms with E-state index in [0.29, 0.717) is 0 Å². The van der Waals surface area contributed by atoms with Crippen molar-refractivity contribution in [3.8, 4) is 5.75 Å². The standard InChI is InChI=1S/C19H27NO4/c1-13-7-8-15(11-16(13)24-4)19(9-5-6-10-19)18(23)20(3)12-14(2)17(21)22/h7-8,11,14H,5-6,9-10,12H2,1-4H3,(H,21,22). The number of carboxylic acid groups (broad SMARTS) is 1. The minimum Gasteiger partial charge on any atom is -0.496 e. The van der Waals surface area contributed by atoms with Gasteiger partial charge in [-0.05, 0) is 37.0 Å². The van der Waals surface area contributed by atoms with Crippen molar-refractivity contribution in [1.29, 1.82) is 0 Å². The third-order valence-electron chi connectivity index (χ3n) is 5.14. The predicted octanol–water partition coefficient (Wildman–Crippen LogP) is 2.99. The van der Waals surface area contributed by atoms with Crippen LogP contribution in [0.25, 0.3) is 0 Å². The third-order valence-corrected chi connectivity index (χ3v) is 5.14. The van der Waals surface area contributed by atoms with Gasteiger partial charge in [0.25, 0.3) is 0 Å². The molecule has 1 aromatic carbocycles. The molecule has 0 spiro atoms. The number of hydrogen-bond acceptors (Lipinski definition) is 3. The smallest absolute Gasteiger partial charge is 0.308 e. The molecule has 0 heterocycles. The Kier molecular flexibility index (Phi) is 5.52. The van der Waals surface area contributed by atoms with Crippen LogP contribution < -0.4 is 4.74 Å². The lowest BCUT2D eigenvalue weighted by molar-refractivity contribution is -0.143. The first-order valence-electron chi connectivity index (χ1n) is 8.45. The van der Waals surface area contributed by atoms with Crippen molar-refractivity contribution in [2.45, 2.75) is 44.9 Å². The topological polar surface area (TPSA) is 66.8 Å². The van der Waals surface area contributed by atoms with E-state index >= 15 is 0 Å². The van der Waals surface area contributed by atoms with E-state index in [-0.39, 0.29) is 12.5 Å². The van der Waals surface area contributed by atoms with Crippen LogP contribution in [0.4, 0.5) is 0 Å². The van der Waals surface area contributed by atoms with Crippen LogP contribution in [0.1, 0.15) is 43.7 Å². The largest absolute Gasteiger partial charge is 0.496 e. The van der Waals surface area contributed by atoms with Gasteiger partial charge in [-0.25, -0.2) is 0 Å². The van der Waals surface area contributed by atoms with Gasteiger partial charge in [-0.15, -0.1) is 0 Å². The van der Waals surface area contributed by atoms with Gasteiger partial charge in [-0.1, -0.05) is 31.9 Å². The molecule has 0 aromatic heterocycles. The molecule has 1 fully saturated rings. The van der Waals surface area contributed by atoms with E-state index in [2.05, 4.69) is 0 Å². The van der Waals surface area contributed by atoms with Gasteiger partial charge in [-0.3, -0.25) is 9.59 Å². The zero-order valence-corrected chi connectivity index (χ0v) is 15.0. The van der Waals surface area contributed by atoms with Gasteiger partial charge < -0.3 is 14.7 Å². The molecule has 2 rings (SSSR count). The molecular formula is C19H27NO4. The third kappa shape index (κ3) is 3.40. The van der Waals surface area contributed by atoms with Crippen LogP contribution in [-0.4, -0.2) is 42.6 Å². The number of carbonyl (C=O) groups is 2. The van der Waals surface area contributed by atoms with Crippen molar-refractivity contribution >= 4 is 11.9 Å². The van der Waals surface area contributed by atoms with Gasteiger partial charge in [0.2, 0.25) is 5.91 Å². The monoisotopic (exact) mass is 333 g/mol. The van der Waals surface area contributed by atoms with Crippen LogP contribution in [-0.2, 0) is 15.0 Å². The van der Waals surface area contributed by atoms with Crippen molar-refractivity contribution < 1.29 is 19.4 Å². The first kappa shape index (κ1) is 18.3. The number of carbonyl (C=O) groups excluding carboxylic acids is 1. The van der Waals surface area contributed by atoms with Crippen LogP contribution >= 0.6 is 0 Å². The Labute approximate surface area is 143 Å². The van der Waals surface area contributed by atoms with Crippen LogP contribution in [0.2, 0.25) is 0 Å². The molecule has 0 radical (unpaired) electrons. The maximum Gasteiger partial charge on any atom is 0.308 e. The highest BCUT2D eigenvalue weighted by Crippen LogP contribution is 2.43. The summed E-state index contributed by atoms with van der Waals surface area (Å²) in [4.78, 5) is 25.9. The fourth-order valence-electron chi connectivity index (χ4n) is 3.66. The lowest BCUT2D eigenvalue weighted by Gasteiger charge is -2.34. The lowest BCUT2D eigenvalue weighted by atomic mass is 9.77. The maximum atomic E-state index is 13.2. The van der Waals surface area contributed by atoms with E-state index in [1.165, 1.54) is 0 Å². The Morgan fingerprint density at radius 2 is 1.96 bits per heavy atom. The summed E-state index contributed by atoms with van der Waals surface area (Å²) in [7, 11) is 3.34. The minimum absolute atomic E-state index is 0.0130. The zero-order chi connectivity index (χ0) is 17.9. The average molecular weight is 333 g/mol. The number of likely N-dealkylation sites (N-methyl/N-ethyl adjacent to an activating group) is 1. The second kappa shape index (κ2) is 7.24. The van der Waals surface area contributed by atoms with Crippen molar-refractivity contribution in [2.24, 2.45) is 5.92 Å². The highest BCUT2D eigenvalue weighted by Gasteiger charge is 2.44. The molecule has 24 heavy (non-hydrogen) atoms. The molecule has 5 heteroatoms. The average Bonchev–Trinajstić information content (AvgIpc) is 3.05. The molecule has 0 aliphatic heterocycles. The van der Waals surface area contributed by atoms with Gasteiger partial charge in [0.1, 0.15) is 5.75 Å². The van der Waals surface area contributed by atoms with Crippen LogP contribution in [0.3, 0.4) is 0 Å². The predicted molar refractivity (Wildman–Crippen MR) is 92.3 cm³/mol. The lowest BCUT2D eigenvalue weighted by Crippen LogP contribution is -2.45. The summed E-state index contributed by atoms with van der Waals surface area (Å²) < 4.78 is 5.42. The number of hydrogen-bond donors (Lipinski definition) is 1. The molecule has 1 N–H and O–H groups in total. The number of nitrogens with zero attached hydrogens (tertiary/aromatic N) is 1. The summed E-state index contributed by atoms with van der Waals surface area (Å²) >= 11 is 0. The highest BCUT2D eigenvalue weighted by atomic mass is 16.5. The molecule has 132 valence electrons. The number of aliphatic carboxylic acids is 1. The van der Waals surface area contributed by atoms with Gasteiger partial charge >= 0.3 is 5.97 Å². The molecule has 1 saturated carbocycles. The van der Waals surface area contributed by atoms with Crippen LogP contribution in [0.15, 0.2) is 18.2 Å². The van der Waals surface area contributed by atoms with Gasteiger partial charge in [0.15, 0.2) is 0 Å². The van der Waals surface area contributed by atoms with E-state index < -0.39 is 17.3 Å². The SMILES string of the molecule is COc1cc(C2(C(=O)N(C)CC(C)C(=O)O)CCCC2)ccc1C. The Morgan fingerprint density at radius 3 is 2.50 bits per heavy atom. The molecule has 1 aliphatic rings. The summed E-state index contributed by atoms with van der Waals surface area (Å²) in [5.41, 5.74) is 1.45. The number of carboxylic acids is 1. The normalized spacial score (nSPS) is 17.3. The maximum absolute atomic E-state index is 13.2. The van der Waals surface area contributed by atoms with Gasteiger partial charge in [-0.2, -0.15) is 0 Å². The molecule has 5 nitrogen and oxygen atoms in total. The minimum atomic E-state index is -0.882. The van der Waals surface area contributed by atoms with E-state index in [1.54, 1.807) is 26.0 Å². The first-order valence-corrected chi connectivity index (χ1v) is 8.45. The number of methoxy groups -OCH3 is 1. The van der Waals surface area contributed by atoms with Crippen molar-refractivity contribution in [1.82, 2.24) is 4.90 Å². The van der Waals surface area contributed by atoms with E-state index in [9.17, 15) is 9.59 Å². The van der Waals surface area contributed by atoms with Crippen LogP contribution in [0, 0.1) is 12.8 Å². The van der Waals surface area contributed by atoms with Crippen molar-refractivity contribution in [3.63, 3.8) is 0 Å². The number of rotatable bonds is 6. The summed E-state index contributed by atoms with van der Waals surface area (Å²) in [5, 5.41) is 9.10. The first-order chi connectivity index (χ1) is 11.3. The Balaban J connectivity index is 2.33. The highest BCUT2D eigenvalue weighted by molar-refractivity contribution is 5.89. The molecule has 1 aromatic rings. The quantitative estimate of drug-likeness (QED) is 0.869. The van der Waals surface area contributed by atoms with E-state index in [0.717, 1.165) is 42.6 Å². The fourth-order valence-corrected chi connectivity index (χ4v) is 3.66. The Bertz CT molecular complexity index is 620. The molecule has 1 amide bonds. The summed E-state index contributed by atoms with van der Waals surface area (Å²) in [5.74, 6) is -0.663. The van der Waals surface area contributed by atoms with Gasteiger partial charge in [0, 0.05) is 13.6 Å². The second-order valence-corrected chi connectivity index (χ2v) is 6.90. The van der Waals surface area contributed by atoms with Gasteiger partial charge in [0.05, 0.1) is 18.4 Å². The Hall–Kier alpha value is -2.04. The van der Waals surface area contributed by atoms with Crippen molar-refractivity contribution in [2.75, 3.05) is 20.7 Å². The Morgan fingerprint density at radius 1 is 1.33 bits per heavy atom. The number of aryl methyl sites for hydroxylation is 1. The summed E-state index contributed by atoms with van der Waals surface area (Å²) in [6.07, 6.45) is 3.60. The zero-order valence-electron chi connectivity index (χ0n) is 15.0. The van der Waals surface area contributed by atoms with Crippen molar-refractivity contribution in [3.05, 3.63) is 29.3 Å². The number of amides is 1. The van der Waals surface area contributed by atoms with E-state index in [1.807, 2.05) is 25.1 Å². The molecule has 1 unspecified atom stereocenters. The second-order valence-electron chi connectivity index (χ2n) is 6.90. The molecule has 0 saturated heterocycles. The number of benzene rings is 1. The van der Waals surface area contributed by atoms with E-state index in [4.69, 9.17) is 9.84 Å². The molecular weight excluding hydrogens is 306 g/mol. The summed E-state index contributed by atoms with van der Waals surface area (Å²) in [6, 6.07) is 5.96. The van der Waals surface area contributed by atoms with Crippen LogP contribution in [0.5, 0.6) is 5.75 Å². The fraction of sp³-hybridized carbons (Fsp3) is 0.579. The molecule has 1 aliphatic carbocycles. The molecule has 1 atom stereocenters.